The molecule has 4 nitrogen and oxygen atoms in total. The van der Waals surface area contributed by atoms with Gasteiger partial charge in [-0.2, -0.15) is 0 Å². The maximum Gasteiger partial charge on any atom is 0.253 e. The lowest BCUT2D eigenvalue weighted by atomic mass is 9.71. The van der Waals surface area contributed by atoms with Crippen molar-refractivity contribution in [1.29, 1.82) is 0 Å². The number of amides is 1. The molecule has 36 heavy (non-hydrogen) atoms. The fourth-order valence-corrected chi connectivity index (χ4v) is 5.36. The second-order valence-electron chi connectivity index (χ2n) is 9.60. The Balaban J connectivity index is 0.00000148. The van der Waals surface area contributed by atoms with Crippen LogP contribution in [0.2, 0.25) is 5.02 Å². The van der Waals surface area contributed by atoms with Crippen LogP contribution in [0.5, 0.6) is 11.5 Å². The number of hydrogen-bond donors (Lipinski definition) is 0. The van der Waals surface area contributed by atoms with E-state index in [-0.39, 0.29) is 5.91 Å². The molecule has 190 valence electrons. The van der Waals surface area contributed by atoms with E-state index in [1.807, 2.05) is 67.3 Å². The third-order valence-corrected chi connectivity index (χ3v) is 7.71. The average molecular weight is 505 g/mol. The van der Waals surface area contributed by atoms with Gasteiger partial charge in [0, 0.05) is 35.8 Å². The zero-order valence-corrected chi connectivity index (χ0v) is 22.2. The Morgan fingerprint density at radius 1 is 0.806 bits per heavy atom. The topological polar surface area (TPSA) is 32.8 Å². The number of benzene rings is 3. The monoisotopic (exact) mass is 504 g/mol. The van der Waals surface area contributed by atoms with Crippen LogP contribution in [0.1, 0.15) is 55.5 Å². The van der Waals surface area contributed by atoms with Crippen molar-refractivity contribution < 1.29 is 9.53 Å². The summed E-state index contributed by atoms with van der Waals surface area (Å²) in [6.07, 6.45) is 4.57. The standard InChI is InChI=1S/C29H31ClN2O2.C2H6/c30-25-12-10-23(11-13-25)28(33)32-20-16-29(17-21-32)14-18-31(19-15-29)22-24-6-4-5-9-27(24)34-26-7-2-1-3-8-26;1-2/h1-13H,14-22H2;1-2H3. The summed E-state index contributed by atoms with van der Waals surface area (Å²) >= 11 is 5.97. The van der Waals surface area contributed by atoms with Crippen molar-refractivity contribution in [3.8, 4) is 11.5 Å². The normalized spacial score (nSPS) is 17.2. The Morgan fingerprint density at radius 2 is 1.39 bits per heavy atom. The van der Waals surface area contributed by atoms with Gasteiger partial charge >= 0.3 is 0 Å². The minimum atomic E-state index is 0.124. The quantitative estimate of drug-likeness (QED) is 0.357. The molecule has 0 N–H and O–H groups in total. The molecule has 1 spiro atoms. The number of ether oxygens (including phenoxy) is 1. The lowest BCUT2D eigenvalue weighted by molar-refractivity contribution is 0.0284. The fraction of sp³-hybridized carbons (Fsp3) is 0.387. The molecule has 0 aliphatic carbocycles. The first-order chi connectivity index (χ1) is 17.6. The van der Waals surface area contributed by atoms with Crippen molar-refractivity contribution >= 4 is 17.5 Å². The minimum absolute atomic E-state index is 0.124. The highest BCUT2D eigenvalue weighted by molar-refractivity contribution is 6.30. The van der Waals surface area contributed by atoms with Crippen LogP contribution in [0, 0.1) is 5.41 Å². The highest BCUT2D eigenvalue weighted by Gasteiger charge is 2.38. The SMILES string of the molecule is CC.O=C(c1ccc(Cl)cc1)N1CCC2(CCN(Cc3ccccc3Oc3ccccc3)CC2)CC1. The van der Waals surface area contributed by atoms with Crippen LogP contribution < -0.4 is 4.74 Å². The number of rotatable bonds is 5. The largest absolute Gasteiger partial charge is 0.457 e. The highest BCUT2D eigenvalue weighted by Crippen LogP contribution is 2.42. The maximum absolute atomic E-state index is 12.9. The van der Waals surface area contributed by atoms with Crippen LogP contribution in [-0.4, -0.2) is 41.9 Å². The molecule has 2 aliphatic rings. The summed E-state index contributed by atoms with van der Waals surface area (Å²) in [4.78, 5) is 17.4. The van der Waals surface area contributed by atoms with Crippen molar-refractivity contribution in [2.75, 3.05) is 26.2 Å². The van der Waals surface area contributed by atoms with Gasteiger partial charge in [-0.3, -0.25) is 9.69 Å². The summed E-state index contributed by atoms with van der Waals surface area (Å²) in [5.41, 5.74) is 2.32. The Hall–Kier alpha value is -2.82. The van der Waals surface area contributed by atoms with Gasteiger partial charge in [-0.15, -0.1) is 0 Å². The van der Waals surface area contributed by atoms with E-state index < -0.39 is 0 Å². The third-order valence-electron chi connectivity index (χ3n) is 7.46. The molecule has 5 rings (SSSR count). The van der Waals surface area contributed by atoms with Crippen molar-refractivity contribution in [2.45, 2.75) is 46.1 Å². The summed E-state index contributed by atoms with van der Waals surface area (Å²) in [6.45, 7) is 8.76. The third kappa shape index (κ3) is 6.48. The molecule has 0 bridgehead atoms. The van der Waals surface area contributed by atoms with Crippen LogP contribution in [0.3, 0.4) is 0 Å². The minimum Gasteiger partial charge on any atom is -0.457 e. The first-order valence-electron chi connectivity index (χ1n) is 13.2. The van der Waals surface area contributed by atoms with E-state index in [2.05, 4.69) is 23.1 Å². The molecule has 2 aliphatic heterocycles. The maximum atomic E-state index is 12.9. The molecule has 2 heterocycles. The molecule has 1 amide bonds. The summed E-state index contributed by atoms with van der Waals surface area (Å²) in [5.74, 6) is 1.93. The Kier molecular flexibility index (Phi) is 9.06. The van der Waals surface area contributed by atoms with Crippen molar-refractivity contribution in [1.82, 2.24) is 9.80 Å². The molecule has 0 radical (unpaired) electrons. The van der Waals surface area contributed by atoms with Crippen LogP contribution in [0.4, 0.5) is 0 Å². The Morgan fingerprint density at radius 3 is 2.06 bits per heavy atom. The van der Waals surface area contributed by atoms with E-state index in [4.69, 9.17) is 16.3 Å². The van der Waals surface area contributed by atoms with Crippen LogP contribution in [-0.2, 0) is 6.54 Å². The second-order valence-corrected chi connectivity index (χ2v) is 10.0. The first kappa shape index (κ1) is 26.2. The van der Waals surface area contributed by atoms with Crippen molar-refractivity contribution in [3.05, 3.63) is 95.0 Å². The van der Waals surface area contributed by atoms with Gasteiger partial charge in [-0.1, -0.05) is 61.8 Å². The Labute approximate surface area is 220 Å². The lowest BCUT2D eigenvalue weighted by Crippen LogP contribution is -2.48. The summed E-state index contributed by atoms with van der Waals surface area (Å²) in [7, 11) is 0. The summed E-state index contributed by atoms with van der Waals surface area (Å²) < 4.78 is 6.17. The zero-order valence-electron chi connectivity index (χ0n) is 21.5. The summed E-state index contributed by atoms with van der Waals surface area (Å²) in [6, 6.07) is 25.6. The molecule has 0 saturated carbocycles. The van der Waals surface area contributed by atoms with Crippen molar-refractivity contribution in [2.24, 2.45) is 5.41 Å². The van der Waals surface area contributed by atoms with Gasteiger partial charge in [-0.25, -0.2) is 0 Å². The molecule has 2 fully saturated rings. The van der Waals surface area contributed by atoms with Gasteiger partial charge < -0.3 is 9.64 Å². The van der Waals surface area contributed by atoms with Gasteiger partial charge in [0.1, 0.15) is 11.5 Å². The van der Waals surface area contributed by atoms with Gasteiger partial charge in [0.15, 0.2) is 0 Å². The van der Waals surface area contributed by atoms with E-state index in [1.165, 1.54) is 18.4 Å². The van der Waals surface area contributed by atoms with Crippen molar-refractivity contribution in [3.63, 3.8) is 0 Å². The van der Waals surface area contributed by atoms with Crippen LogP contribution in [0.15, 0.2) is 78.9 Å². The van der Waals surface area contributed by atoms with E-state index >= 15 is 0 Å². The molecule has 0 aromatic heterocycles. The Bertz CT molecular complexity index is 1100. The molecule has 3 aromatic rings. The molecule has 3 aromatic carbocycles. The number of carbonyl (C=O) groups is 1. The molecule has 0 atom stereocenters. The zero-order chi connectivity index (χ0) is 25.4. The summed E-state index contributed by atoms with van der Waals surface area (Å²) in [5, 5.41) is 0.662. The number of para-hydroxylation sites is 2. The van der Waals surface area contributed by atoms with E-state index in [0.29, 0.717) is 10.4 Å². The number of piperidine rings is 2. The van der Waals surface area contributed by atoms with E-state index in [1.54, 1.807) is 12.1 Å². The molecular weight excluding hydrogens is 468 g/mol. The molecule has 2 saturated heterocycles. The molecule has 0 unspecified atom stereocenters. The van der Waals surface area contributed by atoms with E-state index in [0.717, 1.165) is 62.6 Å². The average Bonchev–Trinajstić information content (AvgIpc) is 2.93. The molecule has 5 heteroatoms. The predicted octanol–water partition coefficient (Wildman–Crippen LogP) is 7.68. The lowest BCUT2D eigenvalue weighted by Gasteiger charge is -2.47. The van der Waals surface area contributed by atoms with Crippen LogP contribution in [0.25, 0.3) is 0 Å². The number of halogens is 1. The number of carbonyl (C=O) groups excluding carboxylic acids is 1. The fourth-order valence-electron chi connectivity index (χ4n) is 5.24. The number of hydrogen-bond acceptors (Lipinski definition) is 3. The van der Waals surface area contributed by atoms with Crippen LogP contribution >= 0.6 is 11.6 Å². The van der Waals surface area contributed by atoms with Gasteiger partial charge in [0.05, 0.1) is 0 Å². The predicted molar refractivity (Wildman–Crippen MR) is 148 cm³/mol. The number of nitrogens with zero attached hydrogens (tertiary/aromatic N) is 2. The van der Waals surface area contributed by atoms with Gasteiger partial charge in [0.2, 0.25) is 0 Å². The highest BCUT2D eigenvalue weighted by atomic mass is 35.5. The van der Waals surface area contributed by atoms with E-state index in [9.17, 15) is 4.79 Å². The van der Waals surface area contributed by atoms with Gasteiger partial charge in [-0.05, 0) is 86.7 Å². The van der Waals surface area contributed by atoms with Gasteiger partial charge in [0.25, 0.3) is 5.91 Å². The smallest absolute Gasteiger partial charge is 0.253 e. The molecular formula is C31H37ClN2O2. The number of likely N-dealkylation sites (tertiary alicyclic amines) is 2. The second kappa shape index (κ2) is 12.4. The first-order valence-corrected chi connectivity index (χ1v) is 13.6.